The predicted octanol–water partition coefficient (Wildman–Crippen LogP) is 1.67. The molecule has 1 saturated heterocycles. The Kier molecular flexibility index (Phi) is 4.31. The van der Waals surface area contributed by atoms with E-state index in [9.17, 15) is 9.59 Å². The van der Waals surface area contributed by atoms with Gasteiger partial charge in [0.05, 0.1) is 23.2 Å². The van der Waals surface area contributed by atoms with Gasteiger partial charge in [0, 0.05) is 18.3 Å². The second kappa shape index (κ2) is 5.74. The number of hydrogen-bond acceptors (Lipinski definition) is 3. The van der Waals surface area contributed by atoms with Gasteiger partial charge < -0.3 is 10.6 Å². The summed E-state index contributed by atoms with van der Waals surface area (Å²) in [5, 5.41) is 4.36. The summed E-state index contributed by atoms with van der Waals surface area (Å²) in [7, 11) is 0. The molecule has 6 nitrogen and oxygen atoms in total. The van der Waals surface area contributed by atoms with Crippen molar-refractivity contribution < 1.29 is 9.59 Å². The van der Waals surface area contributed by atoms with Crippen LogP contribution < -0.4 is 5.73 Å². The average Bonchev–Trinajstić information content (AvgIpc) is 2.80. The maximum atomic E-state index is 12.9. The van der Waals surface area contributed by atoms with E-state index in [1.54, 1.807) is 11.1 Å². The molecule has 6 heteroatoms. The van der Waals surface area contributed by atoms with E-state index in [-0.39, 0.29) is 29.3 Å². The molecule has 2 amide bonds. The van der Waals surface area contributed by atoms with E-state index in [1.165, 1.54) is 0 Å². The molecule has 0 saturated carbocycles. The van der Waals surface area contributed by atoms with Gasteiger partial charge in [0.15, 0.2) is 0 Å². The van der Waals surface area contributed by atoms with Gasteiger partial charge in [0.1, 0.15) is 0 Å². The molecule has 1 aromatic heterocycles. The lowest BCUT2D eigenvalue weighted by Crippen LogP contribution is -2.48. The Balaban J connectivity index is 2.27. The number of aromatic nitrogens is 2. The van der Waals surface area contributed by atoms with Gasteiger partial charge in [-0.05, 0) is 47.5 Å². The third-order valence-electron chi connectivity index (χ3n) is 4.42. The molecule has 2 heterocycles. The summed E-state index contributed by atoms with van der Waals surface area (Å²) in [4.78, 5) is 26.1. The predicted molar refractivity (Wildman–Crippen MR) is 84.4 cm³/mol. The number of rotatable bonds is 2. The molecular formula is C16H26N4O2. The van der Waals surface area contributed by atoms with Crippen LogP contribution in [-0.2, 0) is 10.3 Å². The highest BCUT2D eigenvalue weighted by Gasteiger charge is 2.33. The quantitative estimate of drug-likeness (QED) is 0.902. The first kappa shape index (κ1) is 16.5. The first-order valence-electron chi connectivity index (χ1n) is 7.78. The van der Waals surface area contributed by atoms with Crippen molar-refractivity contribution in [2.24, 2.45) is 11.7 Å². The maximum Gasteiger partial charge on any atom is 0.257 e. The zero-order chi connectivity index (χ0) is 16.7. The van der Waals surface area contributed by atoms with Crippen molar-refractivity contribution in [3.63, 3.8) is 0 Å². The number of nitrogens with two attached hydrogens (primary N) is 1. The Morgan fingerprint density at radius 1 is 1.32 bits per heavy atom. The highest BCUT2D eigenvalue weighted by atomic mass is 16.2. The minimum Gasteiger partial charge on any atom is -0.369 e. The molecule has 1 fully saturated rings. The maximum absolute atomic E-state index is 12.9. The lowest BCUT2D eigenvalue weighted by atomic mass is 9.92. The second-order valence-corrected chi connectivity index (χ2v) is 7.21. The van der Waals surface area contributed by atoms with E-state index in [0.29, 0.717) is 12.1 Å². The summed E-state index contributed by atoms with van der Waals surface area (Å²) >= 11 is 0. The minimum atomic E-state index is -0.327. The van der Waals surface area contributed by atoms with Gasteiger partial charge in [-0.2, -0.15) is 5.10 Å². The Morgan fingerprint density at radius 3 is 2.45 bits per heavy atom. The molecule has 1 aromatic rings. The molecule has 2 N–H and O–H groups in total. The van der Waals surface area contributed by atoms with Crippen molar-refractivity contribution in [1.82, 2.24) is 14.7 Å². The zero-order valence-electron chi connectivity index (χ0n) is 14.1. The summed E-state index contributed by atoms with van der Waals surface area (Å²) in [5.41, 5.74) is 6.69. The average molecular weight is 306 g/mol. The molecule has 2 atom stereocenters. The van der Waals surface area contributed by atoms with E-state index >= 15 is 0 Å². The summed E-state index contributed by atoms with van der Waals surface area (Å²) < 4.78 is 1.86. The number of hydrogen-bond donors (Lipinski definition) is 1. The van der Waals surface area contributed by atoms with Crippen LogP contribution in [0.25, 0.3) is 0 Å². The molecule has 0 spiro atoms. The van der Waals surface area contributed by atoms with Crippen molar-refractivity contribution in [3.8, 4) is 0 Å². The molecule has 0 aromatic carbocycles. The normalized spacial score (nSPS) is 22.7. The molecule has 0 aliphatic carbocycles. The highest BCUT2D eigenvalue weighted by molar-refractivity contribution is 5.95. The number of amides is 2. The van der Waals surface area contributed by atoms with Crippen molar-refractivity contribution in [2.45, 2.75) is 59.0 Å². The number of carbonyl (C=O) groups excluding carboxylic acids is 2. The summed E-state index contributed by atoms with van der Waals surface area (Å²) in [6.45, 7) is 10.5. The SMILES string of the molecule is Cc1c(C(=O)N2CC(C(N)=O)CCC2C)cnn1C(C)(C)C. The van der Waals surface area contributed by atoms with E-state index < -0.39 is 0 Å². The number of nitrogens with zero attached hydrogens (tertiary/aromatic N) is 3. The molecule has 2 unspecified atom stereocenters. The summed E-state index contributed by atoms with van der Waals surface area (Å²) in [5.74, 6) is -0.642. The number of primary amides is 1. The van der Waals surface area contributed by atoms with Gasteiger partial charge >= 0.3 is 0 Å². The van der Waals surface area contributed by atoms with Crippen LogP contribution in [-0.4, -0.2) is 39.1 Å². The molecule has 122 valence electrons. The largest absolute Gasteiger partial charge is 0.369 e. The van der Waals surface area contributed by atoms with Crippen LogP contribution in [0.4, 0.5) is 0 Å². The Morgan fingerprint density at radius 2 is 1.95 bits per heavy atom. The van der Waals surface area contributed by atoms with Gasteiger partial charge in [-0.3, -0.25) is 14.3 Å². The lowest BCUT2D eigenvalue weighted by molar-refractivity contribution is -0.123. The van der Waals surface area contributed by atoms with Crippen molar-refractivity contribution >= 4 is 11.8 Å². The third kappa shape index (κ3) is 3.00. The molecule has 1 aliphatic rings. The molecular weight excluding hydrogens is 280 g/mol. The van der Waals surface area contributed by atoms with Gasteiger partial charge in [-0.1, -0.05) is 0 Å². The van der Waals surface area contributed by atoms with Crippen molar-refractivity contribution in [3.05, 3.63) is 17.5 Å². The topological polar surface area (TPSA) is 81.2 Å². The molecule has 22 heavy (non-hydrogen) atoms. The van der Waals surface area contributed by atoms with Crippen LogP contribution in [0.1, 0.15) is 56.6 Å². The first-order valence-corrected chi connectivity index (χ1v) is 7.78. The van der Waals surface area contributed by atoms with Crippen molar-refractivity contribution in [2.75, 3.05) is 6.54 Å². The fourth-order valence-corrected chi connectivity index (χ4v) is 3.07. The van der Waals surface area contributed by atoms with Gasteiger partial charge in [0.2, 0.25) is 5.91 Å². The lowest BCUT2D eigenvalue weighted by Gasteiger charge is -2.36. The first-order chi connectivity index (χ1) is 10.1. The van der Waals surface area contributed by atoms with Gasteiger partial charge in [-0.25, -0.2) is 0 Å². The molecule has 0 radical (unpaired) electrons. The highest BCUT2D eigenvalue weighted by Crippen LogP contribution is 2.25. The van der Waals surface area contributed by atoms with Crippen molar-refractivity contribution in [1.29, 1.82) is 0 Å². The van der Waals surface area contributed by atoms with E-state index in [2.05, 4.69) is 5.10 Å². The Hall–Kier alpha value is -1.85. The monoisotopic (exact) mass is 306 g/mol. The molecule has 0 bridgehead atoms. The Bertz CT molecular complexity index is 585. The Labute approximate surface area is 131 Å². The number of likely N-dealkylation sites (tertiary alicyclic amines) is 1. The van der Waals surface area contributed by atoms with Gasteiger partial charge in [0.25, 0.3) is 5.91 Å². The fourth-order valence-electron chi connectivity index (χ4n) is 3.07. The van der Waals surface area contributed by atoms with E-state index in [4.69, 9.17) is 5.73 Å². The van der Waals surface area contributed by atoms with Crippen LogP contribution in [0.3, 0.4) is 0 Å². The van der Waals surface area contributed by atoms with E-state index in [1.807, 2.05) is 39.3 Å². The fraction of sp³-hybridized carbons (Fsp3) is 0.688. The molecule has 2 rings (SSSR count). The summed E-state index contributed by atoms with van der Waals surface area (Å²) in [6, 6.07) is 0.112. The number of carbonyl (C=O) groups is 2. The molecule has 1 aliphatic heterocycles. The van der Waals surface area contributed by atoms with Crippen LogP contribution in [0.2, 0.25) is 0 Å². The summed E-state index contributed by atoms with van der Waals surface area (Å²) in [6.07, 6.45) is 3.18. The zero-order valence-corrected chi connectivity index (χ0v) is 14.1. The van der Waals surface area contributed by atoms with Crippen LogP contribution >= 0.6 is 0 Å². The standard InChI is InChI=1S/C16H26N4O2/c1-10-6-7-12(14(17)21)9-19(10)15(22)13-8-18-20(11(13)2)16(3,4)5/h8,10,12H,6-7,9H2,1-5H3,(H2,17,21). The third-order valence-corrected chi connectivity index (χ3v) is 4.42. The second-order valence-electron chi connectivity index (χ2n) is 7.21. The minimum absolute atomic E-state index is 0.0635. The van der Waals surface area contributed by atoms with Crippen LogP contribution in [0.15, 0.2) is 6.20 Å². The smallest absolute Gasteiger partial charge is 0.257 e. The van der Waals surface area contributed by atoms with Gasteiger partial charge in [-0.15, -0.1) is 0 Å². The van der Waals surface area contributed by atoms with Crippen LogP contribution in [0.5, 0.6) is 0 Å². The number of piperidine rings is 1. The van der Waals surface area contributed by atoms with E-state index in [0.717, 1.165) is 18.5 Å². The van der Waals surface area contributed by atoms with Crippen LogP contribution in [0, 0.1) is 12.8 Å².